The van der Waals surface area contributed by atoms with Crippen molar-refractivity contribution in [2.45, 2.75) is 106 Å². The first-order valence-corrected chi connectivity index (χ1v) is 40.4. The van der Waals surface area contributed by atoms with Crippen LogP contribution >= 0.6 is 23.2 Å². The number of benzene rings is 8. The number of carboxylic acid groups (broad SMARTS) is 1. The molecular weight excluding hydrogens is 1660 g/mol. The maximum Gasteiger partial charge on any atom is 0.490 e. The summed E-state index contributed by atoms with van der Waals surface area (Å²) in [6, 6.07) is 65.6. The average Bonchev–Trinajstić information content (AvgIpc) is 1.62. The third kappa shape index (κ3) is 23.7. The Kier molecular flexibility index (Phi) is 32.7. The third-order valence-electron chi connectivity index (χ3n) is 19.9. The van der Waals surface area contributed by atoms with Crippen molar-refractivity contribution in [1.82, 2.24) is 38.2 Å². The fraction of sp³-hybridized carbons (Fsp3) is 0.221. The van der Waals surface area contributed by atoms with Crippen LogP contribution in [0.1, 0.15) is 107 Å². The Labute approximate surface area is 722 Å². The first-order chi connectivity index (χ1) is 59.9. The molecule has 2 atom stereocenters. The van der Waals surface area contributed by atoms with Crippen LogP contribution in [0.3, 0.4) is 0 Å². The second kappa shape index (κ2) is 43.6. The van der Waals surface area contributed by atoms with Crippen molar-refractivity contribution in [2.24, 2.45) is 0 Å². The van der Waals surface area contributed by atoms with Gasteiger partial charge in [0.15, 0.2) is 6.29 Å². The predicted molar refractivity (Wildman–Crippen MR) is 467 cm³/mol. The van der Waals surface area contributed by atoms with E-state index in [0.29, 0.717) is 81.0 Å². The van der Waals surface area contributed by atoms with Crippen LogP contribution in [0.25, 0.3) is 87.2 Å². The molecule has 16 rings (SSSR count). The number of aliphatic carboxylic acids is 1. The minimum absolute atomic E-state index is 0.0142. The molecule has 0 saturated heterocycles. The van der Waals surface area contributed by atoms with Crippen LogP contribution in [0.5, 0.6) is 0 Å². The Morgan fingerprint density at radius 3 is 1.13 bits per heavy atom. The number of rotatable bonds is 19. The van der Waals surface area contributed by atoms with E-state index in [-0.39, 0.29) is 80.2 Å². The smallest absolute Gasteiger partial charge is 0.475 e. The number of fused-ring (bicyclic) bond motifs is 8. The van der Waals surface area contributed by atoms with Crippen LogP contribution in [-0.4, -0.2) is 128 Å². The number of para-hydroxylation sites is 4. The highest BCUT2D eigenvalue weighted by atomic mass is 35.5. The molecule has 16 aromatic rings. The van der Waals surface area contributed by atoms with Gasteiger partial charge in [0.25, 0.3) is 0 Å². The molecule has 8 aromatic carbocycles. The number of aromatic nitrogens is 8. The first-order valence-electron chi connectivity index (χ1n) is 39.3. The van der Waals surface area contributed by atoms with E-state index in [1.54, 1.807) is 93.1 Å². The zero-order valence-electron chi connectivity index (χ0n) is 69.1. The number of aliphatic hydroxyl groups is 2. The van der Waals surface area contributed by atoms with Gasteiger partial charge in [-0.25, -0.2) is 37.3 Å². The van der Waals surface area contributed by atoms with Gasteiger partial charge in [0.2, 0.25) is 0 Å². The largest absolute Gasteiger partial charge is 0.490 e. The minimum atomic E-state index is -5.08. The van der Waals surface area contributed by atoms with Crippen LogP contribution in [-0.2, 0) is 75.5 Å². The molecule has 0 radical (unpaired) electrons. The highest BCUT2D eigenvalue weighted by Crippen LogP contribution is 2.38. The van der Waals surface area contributed by atoms with Crippen molar-refractivity contribution in [3.8, 4) is 0 Å². The number of aliphatic hydroxyl groups excluding tert-OH is 2. The number of aldehydes is 1. The Bertz CT molecular complexity index is 6380. The molecule has 0 aliphatic heterocycles. The van der Waals surface area contributed by atoms with Crippen LogP contribution < -0.4 is 0 Å². The monoisotopic (exact) mass is 1750 g/mol. The molecule has 125 heavy (non-hydrogen) atoms. The lowest BCUT2D eigenvalue weighted by Crippen LogP contribution is -2.21. The maximum atomic E-state index is 14.0. The zero-order chi connectivity index (χ0) is 90.3. The topological polar surface area (TPSA) is 271 Å². The fourth-order valence-electron chi connectivity index (χ4n) is 14.2. The quantitative estimate of drug-likeness (QED) is 0.0223. The van der Waals surface area contributed by atoms with Crippen molar-refractivity contribution in [1.29, 1.82) is 0 Å². The summed E-state index contributed by atoms with van der Waals surface area (Å²) in [6.45, 7) is 16.0. The number of hydrogen-bond donors (Lipinski definition) is 3. The van der Waals surface area contributed by atoms with E-state index in [1.165, 1.54) is 48.5 Å². The number of aryl methyl sites for hydroxylation is 1. The number of halogens is 9. The van der Waals surface area contributed by atoms with Crippen molar-refractivity contribution < 1.29 is 93.8 Å². The van der Waals surface area contributed by atoms with E-state index >= 15 is 0 Å². The Hall–Kier alpha value is -13.4. The second-order valence-electron chi connectivity index (χ2n) is 27.9. The molecule has 0 bridgehead atoms. The van der Waals surface area contributed by atoms with Gasteiger partial charge in [0, 0.05) is 111 Å². The second-order valence-corrected chi connectivity index (χ2v) is 28.7. The average molecular weight is 1750 g/mol. The van der Waals surface area contributed by atoms with Crippen molar-refractivity contribution in [2.75, 3.05) is 31.8 Å². The normalized spacial score (nSPS) is 11.5. The molecule has 2 unspecified atom stereocenters. The molecule has 648 valence electrons. The van der Waals surface area contributed by atoms with Crippen LogP contribution in [0, 0.1) is 51.0 Å². The zero-order valence-corrected chi connectivity index (χ0v) is 70.6. The van der Waals surface area contributed by atoms with Crippen molar-refractivity contribution >= 4 is 147 Å². The van der Waals surface area contributed by atoms with Crippen LogP contribution in [0.2, 0.25) is 0 Å². The van der Waals surface area contributed by atoms with E-state index in [0.717, 1.165) is 94.3 Å². The molecule has 0 amide bonds. The number of alkyl halides is 5. The molecule has 0 aliphatic carbocycles. The van der Waals surface area contributed by atoms with Crippen LogP contribution in [0.15, 0.2) is 224 Å². The summed E-state index contributed by atoms with van der Waals surface area (Å²) in [4.78, 5) is 85.0. The van der Waals surface area contributed by atoms with Gasteiger partial charge in [-0.2, -0.15) is 13.2 Å². The fourth-order valence-corrected chi connectivity index (χ4v) is 14.2. The Balaban J connectivity index is 0.000000163. The molecule has 3 N–H and O–H groups in total. The number of hydrogen-bond acceptors (Lipinski definition) is 16. The third-order valence-corrected chi connectivity index (χ3v) is 19.9. The summed E-state index contributed by atoms with van der Waals surface area (Å²) in [7, 11) is 0. The summed E-state index contributed by atoms with van der Waals surface area (Å²) in [5, 5.41) is 36.4. The minimum Gasteiger partial charge on any atom is -0.475 e. The number of carbonyl (C=O) groups excluding carboxylic acids is 5. The lowest BCUT2D eigenvalue weighted by atomic mass is 10.0. The molecule has 0 aliphatic rings. The van der Waals surface area contributed by atoms with Gasteiger partial charge in [0.1, 0.15) is 67.3 Å². The summed E-state index contributed by atoms with van der Waals surface area (Å²) >= 11 is 9.53. The first kappa shape index (κ1) is 93.9. The number of carboxylic acids is 1. The van der Waals surface area contributed by atoms with Gasteiger partial charge in [0.05, 0.1) is 65.2 Å². The number of nitrogens with zero attached hydrogens (tertiary/aromatic N) is 8. The molecule has 0 spiro atoms. The number of carbonyl (C=O) groups is 6. The van der Waals surface area contributed by atoms with E-state index in [2.05, 4.69) is 15.0 Å². The lowest BCUT2D eigenvalue weighted by molar-refractivity contribution is -0.192. The SMILES string of the molecule is CCOC(=O)Cn1c(C)c(C(O)c2ccc3ccccc3n2)c2cc(F)ccc21.CCOC(=O)Cn1c(C)c(C(O)c2ccc3ccccc3n2)c2cc(F)ccc21.CCOC(=O)Cn1c(C)c(Cc2ccc3ccccc3n2)c2cc(F)ccc21.CCOC(=O)Cn1c(C)cc2cc(F)ccc21.ClCCl.O=C(O)C(F)(F)F.O=Cc1ccc2ccccc2n1. The van der Waals surface area contributed by atoms with Crippen molar-refractivity contribution in [3.63, 3.8) is 0 Å². The van der Waals surface area contributed by atoms with E-state index in [1.807, 2.05) is 156 Å². The highest BCUT2D eigenvalue weighted by molar-refractivity contribution is 6.40. The summed E-state index contributed by atoms with van der Waals surface area (Å²) in [5.74, 6) is -5.51. The maximum absolute atomic E-state index is 14.0. The van der Waals surface area contributed by atoms with E-state index in [9.17, 15) is 64.9 Å². The van der Waals surface area contributed by atoms with Gasteiger partial charge < -0.3 is 52.5 Å². The van der Waals surface area contributed by atoms with E-state index in [4.69, 9.17) is 57.0 Å². The summed E-state index contributed by atoms with van der Waals surface area (Å²) in [6.07, 6.45) is -5.89. The number of esters is 4. The molecule has 8 aromatic heterocycles. The van der Waals surface area contributed by atoms with Crippen LogP contribution in [0.4, 0.5) is 30.7 Å². The molecular formula is C95H87Cl2F7N8O13. The number of pyridine rings is 4. The van der Waals surface area contributed by atoms with Gasteiger partial charge in [-0.05, 0) is 188 Å². The molecule has 30 heteroatoms. The Morgan fingerprint density at radius 2 is 0.736 bits per heavy atom. The van der Waals surface area contributed by atoms with E-state index < -0.39 is 36.0 Å². The van der Waals surface area contributed by atoms with Gasteiger partial charge >= 0.3 is 36.0 Å². The summed E-state index contributed by atoms with van der Waals surface area (Å²) < 4.78 is 114. The van der Waals surface area contributed by atoms with Crippen molar-refractivity contribution in [3.05, 3.63) is 310 Å². The molecule has 8 heterocycles. The predicted octanol–water partition coefficient (Wildman–Crippen LogP) is 20.1. The highest BCUT2D eigenvalue weighted by Gasteiger charge is 2.38. The molecule has 0 fully saturated rings. The summed E-state index contributed by atoms with van der Waals surface area (Å²) in [5.41, 5.74) is 13.8. The number of ether oxygens (including phenoxy) is 4. The standard InChI is InChI=1S/2C23H21FN2O3.C23H21FN2O2.C13H14FNO2.C10H7NO.C2HF3O2.CH2Cl2/c2*1-3-29-21(27)13-26-14(2)22(17-12-16(24)9-11-20(17)26)23(28)19-10-8-15-6-4-5-7-18(15)25-19;1-3-28-23(27)14-26-15(2)19(20-12-17(24)9-11-22(20)26)13-18-10-8-16-6-4-5-7-21(16)25-18;1-3-17-13(16)8-15-9(2)6-10-7-11(14)4-5-12(10)15;12-7-9-6-5-8-3-1-2-4-10(8)11-9;3-2(4,5)1(6)7;2-1-3/h2*4-12,23,28H,3,13H2,1-2H3;4-12H,3,13-14H2,1-2H3;4-7H,3,8H2,1-2H3;1-7H;(H,6,7);1H2. The van der Waals surface area contributed by atoms with Gasteiger partial charge in [-0.3, -0.25) is 29.0 Å². The van der Waals surface area contributed by atoms with Gasteiger partial charge in [-0.1, -0.05) is 97.1 Å². The lowest BCUT2D eigenvalue weighted by Gasteiger charge is -2.13. The Morgan fingerprint density at radius 1 is 0.408 bits per heavy atom. The molecule has 0 saturated carbocycles. The van der Waals surface area contributed by atoms with Gasteiger partial charge in [-0.15, -0.1) is 23.2 Å². The molecule has 21 nitrogen and oxygen atoms in total.